The molecule has 1 saturated carbocycles. The number of hydrogen-bond acceptors (Lipinski definition) is 2. The summed E-state index contributed by atoms with van der Waals surface area (Å²) in [6.45, 7) is 0.791. The van der Waals surface area contributed by atoms with Crippen LogP contribution >= 0.6 is 0 Å². The summed E-state index contributed by atoms with van der Waals surface area (Å²) in [5.74, 6) is 0.0212. The molecule has 1 N–H and O–H groups in total. The van der Waals surface area contributed by atoms with E-state index in [9.17, 15) is 14.3 Å². The summed E-state index contributed by atoms with van der Waals surface area (Å²) in [4.78, 5) is 14.2. The van der Waals surface area contributed by atoms with Gasteiger partial charge < -0.3 is 10.0 Å². The number of likely N-dealkylation sites (tertiary alicyclic amines) is 1. The molecule has 0 aromatic heterocycles. The Hall–Kier alpha value is -1.42. The van der Waals surface area contributed by atoms with E-state index >= 15 is 0 Å². The van der Waals surface area contributed by atoms with Crippen LogP contribution in [0.5, 0.6) is 0 Å². The number of benzene rings is 1. The van der Waals surface area contributed by atoms with Gasteiger partial charge in [-0.3, -0.25) is 4.79 Å². The van der Waals surface area contributed by atoms with E-state index in [2.05, 4.69) is 0 Å². The van der Waals surface area contributed by atoms with Crippen molar-refractivity contribution >= 4 is 5.91 Å². The minimum Gasteiger partial charge on any atom is -0.394 e. The molecule has 0 radical (unpaired) electrons. The smallest absolute Gasteiger partial charge is 0.226 e. The first kappa shape index (κ1) is 12.6. The van der Waals surface area contributed by atoms with E-state index in [0.717, 1.165) is 31.4 Å². The number of nitrogens with zero attached hydrogens (tertiary/aromatic N) is 1. The number of halogens is 1. The number of carbonyl (C=O) groups is 1. The zero-order valence-electron chi connectivity index (χ0n) is 10.8. The van der Waals surface area contributed by atoms with Crippen molar-refractivity contribution in [2.24, 2.45) is 5.92 Å². The van der Waals surface area contributed by atoms with Gasteiger partial charge in [-0.25, -0.2) is 4.39 Å². The molecule has 4 heteroatoms. The molecule has 102 valence electrons. The molecular weight excluding hydrogens is 245 g/mol. The van der Waals surface area contributed by atoms with Crippen molar-refractivity contribution in [3.8, 4) is 0 Å². The summed E-state index contributed by atoms with van der Waals surface area (Å²) in [5.41, 5.74) is 0.915. The lowest BCUT2D eigenvalue weighted by atomic mass is 10.1. The molecule has 19 heavy (non-hydrogen) atoms. The molecule has 3 atom stereocenters. The molecule has 1 aliphatic carbocycles. The maximum absolute atomic E-state index is 13.2. The molecule has 2 aliphatic rings. The first-order valence-corrected chi connectivity index (χ1v) is 6.87. The average Bonchev–Trinajstić information content (AvgIpc) is 3.07. The molecule has 1 aromatic carbocycles. The molecule has 3 unspecified atom stereocenters. The number of amides is 1. The molecule has 2 fully saturated rings. The lowest BCUT2D eigenvalue weighted by Gasteiger charge is -2.23. The van der Waals surface area contributed by atoms with E-state index in [1.807, 2.05) is 11.0 Å². The summed E-state index contributed by atoms with van der Waals surface area (Å²) in [5, 5.41) is 9.26. The molecule has 3 nitrogen and oxygen atoms in total. The normalized spacial score (nSPS) is 29.6. The largest absolute Gasteiger partial charge is 0.394 e. The van der Waals surface area contributed by atoms with Crippen LogP contribution in [0.3, 0.4) is 0 Å². The molecule has 1 heterocycles. The van der Waals surface area contributed by atoms with Gasteiger partial charge in [0.25, 0.3) is 0 Å². The van der Waals surface area contributed by atoms with E-state index in [0.29, 0.717) is 0 Å². The standard InChI is InChI=1S/C15H18FNO2/c16-11-4-1-3-10(7-11)13-8-14(13)15(19)17-6-2-5-12(17)9-18/h1,3-4,7,12-14,18H,2,5-6,8-9H2. The van der Waals surface area contributed by atoms with E-state index < -0.39 is 0 Å². The third kappa shape index (κ3) is 2.37. The lowest BCUT2D eigenvalue weighted by Crippen LogP contribution is -2.38. The van der Waals surface area contributed by atoms with Crippen molar-refractivity contribution in [3.63, 3.8) is 0 Å². The van der Waals surface area contributed by atoms with Gasteiger partial charge in [-0.1, -0.05) is 12.1 Å². The molecule has 3 rings (SSSR count). The van der Waals surface area contributed by atoms with Gasteiger partial charge in [0.2, 0.25) is 5.91 Å². The van der Waals surface area contributed by atoms with Crippen LogP contribution in [0, 0.1) is 11.7 Å². The Labute approximate surface area is 112 Å². The maximum Gasteiger partial charge on any atom is 0.226 e. The Morgan fingerprint density at radius 1 is 1.47 bits per heavy atom. The fourth-order valence-electron chi connectivity index (χ4n) is 3.10. The summed E-state index contributed by atoms with van der Waals surface area (Å²) in [7, 11) is 0. The topological polar surface area (TPSA) is 40.5 Å². The second-order valence-electron chi connectivity index (χ2n) is 5.51. The quantitative estimate of drug-likeness (QED) is 0.905. The van der Waals surface area contributed by atoms with Crippen LogP contribution in [0.2, 0.25) is 0 Å². The third-order valence-electron chi connectivity index (χ3n) is 4.26. The van der Waals surface area contributed by atoms with Gasteiger partial charge in [0.1, 0.15) is 5.82 Å². The Morgan fingerprint density at radius 2 is 2.32 bits per heavy atom. The first-order chi connectivity index (χ1) is 9.20. The predicted molar refractivity (Wildman–Crippen MR) is 69.1 cm³/mol. The van der Waals surface area contributed by atoms with E-state index in [1.54, 1.807) is 6.07 Å². The monoisotopic (exact) mass is 263 g/mol. The summed E-state index contributed by atoms with van der Waals surface area (Å²) < 4.78 is 13.2. The molecule has 1 saturated heterocycles. The van der Waals surface area contributed by atoms with Crippen LogP contribution in [0.25, 0.3) is 0 Å². The second-order valence-corrected chi connectivity index (χ2v) is 5.51. The Bertz CT molecular complexity index is 491. The van der Waals surface area contributed by atoms with Crippen LogP contribution in [0.1, 0.15) is 30.7 Å². The van der Waals surface area contributed by atoms with Gasteiger partial charge in [-0.05, 0) is 42.9 Å². The molecule has 1 aromatic rings. The van der Waals surface area contributed by atoms with Gasteiger partial charge in [-0.15, -0.1) is 0 Å². The number of aliphatic hydroxyl groups excluding tert-OH is 1. The van der Waals surface area contributed by atoms with Gasteiger partial charge in [-0.2, -0.15) is 0 Å². The number of rotatable bonds is 3. The molecular formula is C15H18FNO2. The number of hydrogen-bond donors (Lipinski definition) is 1. The molecule has 1 aliphatic heterocycles. The fourth-order valence-corrected chi connectivity index (χ4v) is 3.10. The zero-order chi connectivity index (χ0) is 13.4. The van der Waals surface area contributed by atoms with Crippen LogP contribution in [0.4, 0.5) is 4.39 Å². The van der Waals surface area contributed by atoms with E-state index in [-0.39, 0.29) is 36.2 Å². The van der Waals surface area contributed by atoms with Crippen LogP contribution in [-0.4, -0.2) is 35.1 Å². The summed E-state index contributed by atoms with van der Waals surface area (Å²) >= 11 is 0. The highest BCUT2D eigenvalue weighted by Crippen LogP contribution is 2.49. The van der Waals surface area contributed by atoms with Gasteiger partial charge in [0, 0.05) is 12.5 Å². The molecule has 1 amide bonds. The highest BCUT2D eigenvalue weighted by molar-refractivity contribution is 5.83. The van der Waals surface area contributed by atoms with E-state index in [1.165, 1.54) is 12.1 Å². The fraction of sp³-hybridized carbons (Fsp3) is 0.533. The van der Waals surface area contributed by atoms with E-state index in [4.69, 9.17) is 0 Å². The summed E-state index contributed by atoms with van der Waals surface area (Å²) in [6.07, 6.45) is 2.66. The van der Waals surface area contributed by atoms with Crippen molar-refractivity contribution in [3.05, 3.63) is 35.6 Å². The Morgan fingerprint density at radius 3 is 3.05 bits per heavy atom. The van der Waals surface area contributed by atoms with Crippen molar-refractivity contribution in [1.29, 1.82) is 0 Å². The number of aliphatic hydroxyl groups is 1. The van der Waals surface area contributed by atoms with Crippen LogP contribution in [0.15, 0.2) is 24.3 Å². The third-order valence-corrected chi connectivity index (χ3v) is 4.26. The Balaban J connectivity index is 1.68. The minimum atomic E-state index is -0.245. The van der Waals surface area contributed by atoms with Crippen molar-refractivity contribution in [1.82, 2.24) is 4.90 Å². The molecule has 0 spiro atoms. The van der Waals surface area contributed by atoms with Crippen LogP contribution < -0.4 is 0 Å². The van der Waals surface area contributed by atoms with Gasteiger partial charge in [0.05, 0.1) is 12.6 Å². The van der Waals surface area contributed by atoms with Crippen LogP contribution in [-0.2, 0) is 4.79 Å². The van der Waals surface area contributed by atoms with Crippen molar-refractivity contribution in [2.45, 2.75) is 31.2 Å². The van der Waals surface area contributed by atoms with Gasteiger partial charge in [0.15, 0.2) is 0 Å². The zero-order valence-corrected chi connectivity index (χ0v) is 10.8. The SMILES string of the molecule is O=C(C1CC1c1cccc(F)c1)N1CCCC1CO. The minimum absolute atomic E-state index is 0.0127. The Kier molecular flexibility index (Phi) is 3.27. The number of carbonyl (C=O) groups excluding carboxylic acids is 1. The highest BCUT2D eigenvalue weighted by atomic mass is 19.1. The predicted octanol–water partition coefficient (Wildman–Crippen LogP) is 1.91. The van der Waals surface area contributed by atoms with Crippen molar-refractivity contribution in [2.75, 3.05) is 13.2 Å². The average molecular weight is 263 g/mol. The lowest BCUT2D eigenvalue weighted by molar-refractivity contribution is -0.134. The van der Waals surface area contributed by atoms with Crippen molar-refractivity contribution < 1.29 is 14.3 Å². The second kappa shape index (κ2) is 4.93. The summed E-state index contributed by atoms with van der Waals surface area (Å²) in [6, 6.07) is 6.50. The molecule has 0 bridgehead atoms. The maximum atomic E-state index is 13.2. The highest BCUT2D eigenvalue weighted by Gasteiger charge is 2.47. The van der Waals surface area contributed by atoms with Gasteiger partial charge >= 0.3 is 0 Å². The first-order valence-electron chi connectivity index (χ1n) is 6.87.